The lowest BCUT2D eigenvalue weighted by Gasteiger charge is -2.35. The standard InChI is InChI=1S/C36H39Cl2N3O4S/c1-25-18-20-29(21-19-25)46(44,45)41(31-17-11-16-30(37)34(31)38)24-33(42)40(23-28-15-10-9-12-26(28)2)32(35(43)39-36(3,4)5)22-27-13-7-6-8-14-27/h6-21,32H,22-24H2,1-5H3,(H,39,43)/t32-/m1/s1. The molecular weight excluding hydrogens is 641 g/mol. The van der Waals surface area contributed by atoms with Gasteiger partial charge < -0.3 is 10.2 Å². The molecule has 4 aromatic carbocycles. The van der Waals surface area contributed by atoms with Gasteiger partial charge >= 0.3 is 0 Å². The van der Waals surface area contributed by atoms with Gasteiger partial charge in [-0.05, 0) is 75.6 Å². The van der Waals surface area contributed by atoms with E-state index in [0.29, 0.717) is 0 Å². The summed E-state index contributed by atoms with van der Waals surface area (Å²) in [4.78, 5) is 30.1. The highest BCUT2D eigenvalue weighted by molar-refractivity contribution is 7.92. The number of halogens is 2. The van der Waals surface area contributed by atoms with Crippen molar-refractivity contribution >= 4 is 50.7 Å². The normalized spacial score (nSPS) is 12.3. The van der Waals surface area contributed by atoms with Crippen molar-refractivity contribution in [3.05, 3.63) is 129 Å². The monoisotopic (exact) mass is 679 g/mol. The fraction of sp³-hybridized carbons (Fsp3) is 0.278. The summed E-state index contributed by atoms with van der Waals surface area (Å²) in [5, 5.41) is 3.16. The summed E-state index contributed by atoms with van der Waals surface area (Å²) in [6.45, 7) is 8.83. The number of hydrogen-bond donors (Lipinski definition) is 1. The summed E-state index contributed by atoms with van der Waals surface area (Å²) < 4.78 is 29.4. The average molecular weight is 681 g/mol. The van der Waals surface area contributed by atoms with E-state index in [1.807, 2.05) is 89.2 Å². The second-order valence-corrected chi connectivity index (χ2v) is 14.9. The van der Waals surface area contributed by atoms with Crippen LogP contribution in [-0.4, -0.2) is 43.3 Å². The molecule has 7 nitrogen and oxygen atoms in total. The SMILES string of the molecule is Cc1ccc(S(=O)(=O)N(CC(=O)N(Cc2ccccc2C)[C@H](Cc2ccccc2)C(=O)NC(C)(C)C)c2cccc(Cl)c2Cl)cc1. The second kappa shape index (κ2) is 14.7. The predicted octanol–water partition coefficient (Wildman–Crippen LogP) is 7.36. The van der Waals surface area contributed by atoms with Crippen LogP contribution in [-0.2, 0) is 32.6 Å². The van der Waals surface area contributed by atoms with E-state index in [2.05, 4.69) is 5.32 Å². The number of carbonyl (C=O) groups excluding carboxylic acids is 2. The number of hydrogen-bond acceptors (Lipinski definition) is 4. The van der Waals surface area contributed by atoms with Gasteiger partial charge in [-0.1, -0.05) is 102 Å². The number of anilines is 1. The topological polar surface area (TPSA) is 86.8 Å². The zero-order valence-electron chi connectivity index (χ0n) is 26.6. The highest BCUT2D eigenvalue weighted by atomic mass is 35.5. The molecule has 0 heterocycles. The Morgan fingerprint density at radius 1 is 0.826 bits per heavy atom. The van der Waals surface area contributed by atoms with E-state index in [9.17, 15) is 18.0 Å². The zero-order chi connectivity index (χ0) is 33.6. The van der Waals surface area contributed by atoms with Crippen molar-refractivity contribution in [2.75, 3.05) is 10.8 Å². The lowest BCUT2D eigenvalue weighted by Crippen LogP contribution is -2.56. The Balaban J connectivity index is 1.86. The van der Waals surface area contributed by atoms with Gasteiger partial charge in [-0.2, -0.15) is 0 Å². The largest absolute Gasteiger partial charge is 0.350 e. The minimum Gasteiger partial charge on any atom is -0.350 e. The molecule has 2 amide bonds. The summed E-state index contributed by atoms with van der Waals surface area (Å²) in [6, 6.07) is 27.0. The Morgan fingerprint density at radius 2 is 1.46 bits per heavy atom. The Bertz CT molecular complexity index is 1790. The molecule has 0 aromatic heterocycles. The van der Waals surface area contributed by atoms with Crippen molar-refractivity contribution in [3.8, 4) is 0 Å². The highest BCUT2D eigenvalue weighted by Crippen LogP contribution is 2.36. The Labute approximate surface area is 282 Å². The van der Waals surface area contributed by atoms with E-state index in [-0.39, 0.29) is 39.5 Å². The fourth-order valence-electron chi connectivity index (χ4n) is 5.01. The molecule has 0 radical (unpaired) electrons. The molecule has 0 fully saturated rings. The zero-order valence-corrected chi connectivity index (χ0v) is 29.0. The first-order valence-corrected chi connectivity index (χ1v) is 17.1. The molecule has 0 unspecified atom stereocenters. The lowest BCUT2D eigenvalue weighted by atomic mass is 10.00. The van der Waals surface area contributed by atoms with Crippen molar-refractivity contribution in [1.29, 1.82) is 0 Å². The molecule has 4 rings (SSSR count). The first-order valence-electron chi connectivity index (χ1n) is 14.9. The number of nitrogens with one attached hydrogen (secondary N) is 1. The molecule has 242 valence electrons. The molecule has 0 aliphatic rings. The van der Waals surface area contributed by atoms with Crippen LogP contribution in [0.2, 0.25) is 10.0 Å². The smallest absolute Gasteiger partial charge is 0.264 e. The summed E-state index contributed by atoms with van der Waals surface area (Å²) in [6.07, 6.45) is 0.211. The predicted molar refractivity (Wildman–Crippen MR) is 186 cm³/mol. The molecule has 0 saturated heterocycles. The minimum atomic E-state index is -4.31. The Morgan fingerprint density at radius 3 is 2.09 bits per heavy atom. The van der Waals surface area contributed by atoms with Crippen LogP contribution in [0.4, 0.5) is 5.69 Å². The first-order chi connectivity index (χ1) is 21.7. The quantitative estimate of drug-likeness (QED) is 0.179. The van der Waals surface area contributed by atoms with E-state index < -0.39 is 34.1 Å². The maximum absolute atomic E-state index is 14.6. The van der Waals surface area contributed by atoms with Crippen LogP contribution < -0.4 is 9.62 Å². The number of amides is 2. The van der Waals surface area contributed by atoms with Gasteiger partial charge in [0, 0.05) is 18.5 Å². The number of aryl methyl sites for hydroxylation is 2. The van der Waals surface area contributed by atoms with Gasteiger partial charge in [0.2, 0.25) is 11.8 Å². The molecule has 0 aliphatic carbocycles. The second-order valence-electron chi connectivity index (χ2n) is 12.3. The minimum absolute atomic E-state index is 0.00980. The van der Waals surface area contributed by atoms with Crippen LogP contribution in [0.15, 0.2) is 102 Å². The van der Waals surface area contributed by atoms with Crippen molar-refractivity contribution in [2.45, 2.75) is 64.1 Å². The number of nitrogens with zero attached hydrogens (tertiary/aromatic N) is 2. The van der Waals surface area contributed by atoms with Crippen LogP contribution in [0.1, 0.15) is 43.0 Å². The van der Waals surface area contributed by atoms with Gasteiger partial charge in [0.25, 0.3) is 10.0 Å². The van der Waals surface area contributed by atoms with Crippen LogP contribution >= 0.6 is 23.2 Å². The maximum Gasteiger partial charge on any atom is 0.264 e. The molecular formula is C36H39Cl2N3O4S. The molecule has 1 N–H and O–H groups in total. The van der Waals surface area contributed by atoms with E-state index in [1.54, 1.807) is 24.3 Å². The number of benzene rings is 4. The lowest BCUT2D eigenvalue weighted by molar-refractivity contribution is -0.140. The highest BCUT2D eigenvalue weighted by Gasteiger charge is 2.36. The third-order valence-corrected chi connectivity index (χ3v) is 10.0. The van der Waals surface area contributed by atoms with Gasteiger partial charge in [0.15, 0.2) is 0 Å². The molecule has 0 saturated carbocycles. The van der Waals surface area contributed by atoms with Gasteiger partial charge in [-0.3, -0.25) is 13.9 Å². The number of carbonyl (C=O) groups is 2. The third-order valence-electron chi connectivity index (χ3n) is 7.46. The number of sulfonamides is 1. The molecule has 0 bridgehead atoms. The average Bonchev–Trinajstić information content (AvgIpc) is 3.00. The molecule has 0 spiro atoms. The van der Waals surface area contributed by atoms with Crippen LogP contribution in [0.5, 0.6) is 0 Å². The molecule has 46 heavy (non-hydrogen) atoms. The van der Waals surface area contributed by atoms with Crippen LogP contribution in [0.3, 0.4) is 0 Å². The van der Waals surface area contributed by atoms with E-state index in [0.717, 1.165) is 26.6 Å². The van der Waals surface area contributed by atoms with Gasteiger partial charge in [0.05, 0.1) is 20.6 Å². The summed E-state index contributed by atoms with van der Waals surface area (Å²) in [5.74, 6) is -0.938. The first kappa shape index (κ1) is 35.0. The van der Waals surface area contributed by atoms with E-state index in [1.165, 1.54) is 23.1 Å². The maximum atomic E-state index is 14.6. The summed E-state index contributed by atoms with van der Waals surface area (Å²) in [5.41, 5.74) is 2.95. The van der Waals surface area contributed by atoms with Gasteiger partial charge in [0.1, 0.15) is 12.6 Å². The summed E-state index contributed by atoms with van der Waals surface area (Å²) >= 11 is 12.9. The van der Waals surface area contributed by atoms with Crippen molar-refractivity contribution in [2.24, 2.45) is 0 Å². The third kappa shape index (κ3) is 8.69. The van der Waals surface area contributed by atoms with Crippen LogP contribution in [0, 0.1) is 13.8 Å². The van der Waals surface area contributed by atoms with E-state index >= 15 is 0 Å². The van der Waals surface area contributed by atoms with Crippen molar-refractivity contribution in [3.63, 3.8) is 0 Å². The molecule has 1 atom stereocenters. The van der Waals surface area contributed by atoms with Gasteiger partial charge in [-0.15, -0.1) is 0 Å². The van der Waals surface area contributed by atoms with Crippen LogP contribution in [0.25, 0.3) is 0 Å². The Hall–Kier alpha value is -3.85. The summed E-state index contributed by atoms with van der Waals surface area (Å²) in [7, 11) is -4.31. The van der Waals surface area contributed by atoms with E-state index in [4.69, 9.17) is 23.2 Å². The number of rotatable bonds is 11. The van der Waals surface area contributed by atoms with Crippen molar-refractivity contribution < 1.29 is 18.0 Å². The fourth-order valence-corrected chi connectivity index (χ4v) is 6.89. The van der Waals surface area contributed by atoms with Gasteiger partial charge in [-0.25, -0.2) is 8.42 Å². The van der Waals surface area contributed by atoms with Crippen molar-refractivity contribution in [1.82, 2.24) is 10.2 Å². The molecule has 4 aromatic rings. The molecule has 10 heteroatoms. The Kier molecular flexibility index (Phi) is 11.2. The molecule has 0 aliphatic heterocycles.